The number of nitrogens with zero attached hydrogens (tertiary/aromatic N) is 2. The number of hydrogen-bond acceptors (Lipinski definition) is 3. The first kappa shape index (κ1) is 32.2. The van der Waals surface area contributed by atoms with Gasteiger partial charge in [0.2, 0.25) is 0 Å². The van der Waals surface area contributed by atoms with E-state index in [2.05, 4.69) is 153 Å². The first-order valence-corrected chi connectivity index (χ1v) is 16.1. The molecule has 1 unspecified atom stereocenters. The molecule has 226 valence electrons. The molecule has 0 aromatic heterocycles. The number of anilines is 1. The lowest BCUT2D eigenvalue weighted by atomic mass is 9.89. The smallest absolute Gasteiger partial charge is 0.0820 e. The van der Waals surface area contributed by atoms with Crippen molar-refractivity contribution in [2.45, 2.75) is 99.3 Å². The molecule has 3 heteroatoms. The van der Waals surface area contributed by atoms with Gasteiger partial charge in [0.1, 0.15) is 0 Å². The highest BCUT2D eigenvalue weighted by atomic mass is 14.9. The third-order valence-corrected chi connectivity index (χ3v) is 8.44. The average molecular weight is 574 g/mol. The molecule has 0 spiro atoms. The van der Waals surface area contributed by atoms with Crippen molar-refractivity contribution in [1.29, 1.82) is 0 Å². The summed E-state index contributed by atoms with van der Waals surface area (Å²) in [5.41, 5.74) is 12.9. The monoisotopic (exact) mass is 573 g/mol. The minimum Gasteiger partial charge on any atom is -0.357 e. The number of dihydropyridines is 1. The van der Waals surface area contributed by atoms with Crippen LogP contribution in [-0.2, 0) is 6.42 Å². The molecule has 1 heterocycles. The van der Waals surface area contributed by atoms with E-state index in [1.165, 1.54) is 33.5 Å². The van der Waals surface area contributed by atoms with Gasteiger partial charge in [-0.25, -0.2) is 4.99 Å². The minimum atomic E-state index is 0.144. The quantitative estimate of drug-likeness (QED) is 0.241. The van der Waals surface area contributed by atoms with Gasteiger partial charge in [0.15, 0.2) is 0 Å². The van der Waals surface area contributed by atoms with Gasteiger partial charge < -0.3 is 5.32 Å². The predicted molar refractivity (Wildman–Crippen MR) is 189 cm³/mol. The summed E-state index contributed by atoms with van der Waals surface area (Å²) in [5, 5.41) is 3.81. The summed E-state index contributed by atoms with van der Waals surface area (Å²) in [5.74, 6) is 1.75. The molecule has 0 bridgehead atoms. The Hall–Kier alpha value is -3.72. The molecule has 0 saturated heterocycles. The maximum atomic E-state index is 5.38. The van der Waals surface area contributed by atoms with Crippen LogP contribution >= 0.6 is 0 Å². The van der Waals surface area contributed by atoms with Crippen LogP contribution in [0.15, 0.2) is 100 Å². The standard InChI is InChI=1S/C40H51N3/c1-25(2)33-18-14-19-34(26(3)4)39(33)41-29(9)37-23-22-32(24-31-16-12-11-13-17-31)38(43-37)30(10)42-40-35(27(5)6)20-15-21-36(40)28(7)8/h11-23,25-28,32,41H,24H2,1-10H3. The summed E-state index contributed by atoms with van der Waals surface area (Å²) < 4.78 is 0. The Labute approximate surface area is 261 Å². The number of benzene rings is 3. The van der Waals surface area contributed by atoms with E-state index >= 15 is 0 Å². The molecule has 0 radical (unpaired) electrons. The maximum absolute atomic E-state index is 5.38. The summed E-state index contributed by atoms with van der Waals surface area (Å²) in [6.07, 6.45) is 5.41. The topological polar surface area (TPSA) is 36.8 Å². The first-order valence-electron chi connectivity index (χ1n) is 16.1. The summed E-state index contributed by atoms with van der Waals surface area (Å²) in [6.45, 7) is 22.4. The van der Waals surface area contributed by atoms with Gasteiger partial charge in [0, 0.05) is 17.3 Å². The molecular weight excluding hydrogens is 522 g/mol. The third kappa shape index (κ3) is 7.63. The van der Waals surface area contributed by atoms with Crippen molar-refractivity contribution in [3.8, 4) is 0 Å². The van der Waals surface area contributed by atoms with Gasteiger partial charge in [0.05, 0.1) is 22.8 Å². The van der Waals surface area contributed by atoms with Crippen LogP contribution < -0.4 is 5.32 Å². The fraction of sp³-hybridized carbons (Fsp3) is 0.400. The van der Waals surface area contributed by atoms with Crippen LogP contribution in [0.4, 0.5) is 11.4 Å². The zero-order chi connectivity index (χ0) is 31.3. The van der Waals surface area contributed by atoms with E-state index in [4.69, 9.17) is 9.98 Å². The molecule has 1 atom stereocenters. The van der Waals surface area contributed by atoms with Gasteiger partial charge in [-0.1, -0.05) is 128 Å². The Morgan fingerprint density at radius 2 is 1.21 bits per heavy atom. The molecule has 3 aromatic rings. The second-order valence-corrected chi connectivity index (χ2v) is 13.2. The Balaban J connectivity index is 1.84. The Bertz CT molecular complexity index is 1480. The maximum Gasteiger partial charge on any atom is 0.0820 e. The van der Waals surface area contributed by atoms with Crippen LogP contribution in [0.2, 0.25) is 0 Å². The second kappa shape index (κ2) is 14.2. The fourth-order valence-corrected chi connectivity index (χ4v) is 5.95. The van der Waals surface area contributed by atoms with Crippen molar-refractivity contribution in [2.24, 2.45) is 15.9 Å². The molecule has 1 N–H and O–H groups in total. The number of rotatable bonds is 10. The van der Waals surface area contributed by atoms with Gasteiger partial charge in [-0.2, -0.15) is 0 Å². The summed E-state index contributed by atoms with van der Waals surface area (Å²) in [7, 11) is 0. The largest absolute Gasteiger partial charge is 0.357 e. The van der Waals surface area contributed by atoms with E-state index in [-0.39, 0.29) is 5.92 Å². The highest BCUT2D eigenvalue weighted by Crippen LogP contribution is 2.36. The zero-order valence-corrected chi connectivity index (χ0v) is 28.0. The van der Waals surface area contributed by atoms with Crippen molar-refractivity contribution in [3.63, 3.8) is 0 Å². The highest BCUT2D eigenvalue weighted by Gasteiger charge is 2.23. The molecule has 1 aliphatic heterocycles. The molecule has 0 fully saturated rings. The van der Waals surface area contributed by atoms with Crippen molar-refractivity contribution < 1.29 is 0 Å². The lowest BCUT2D eigenvalue weighted by Gasteiger charge is -2.24. The van der Waals surface area contributed by atoms with Crippen LogP contribution in [-0.4, -0.2) is 11.4 Å². The van der Waals surface area contributed by atoms with Crippen molar-refractivity contribution in [1.82, 2.24) is 0 Å². The second-order valence-electron chi connectivity index (χ2n) is 13.2. The Morgan fingerprint density at radius 3 is 1.72 bits per heavy atom. The number of aliphatic imine (C=N–C) groups is 2. The van der Waals surface area contributed by atoms with Gasteiger partial charge in [-0.05, 0) is 77.8 Å². The Kier molecular flexibility index (Phi) is 10.6. The molecule has 43 heavy (non-hydrogen) atoms. The van der Waals surface area contributed by atoms with E-state index < -0.39 is 0 Å². The Morgan fingerprint density at radius 1 is 0.698 bits per heavy atom. The van der Waals surface area contributed by atoms with E-state index in [0.29, 0.717) is 23.7 Å². The SMILES string of the molecule is CC(=Nc1c(C(C)C)cccc1C(C)C)C1=NC(=C(C)Nc2c(C(C)C)cccc2C(C)C)C=CC1Cc1ccccc1. The third-order valence-electron chi connectivity index (χ3n) is 8.44. The van der Waals surface area contributed by atoms with E-state index in [1.54, 1.807) is 0 Å². The molecule has 0 amide bonds. The number of allylic oxidation sites excluding steroid dienone is 3. The van der Waals surface area contributed by atoms with Gasteiger partial charge in [-0.3, -0.25) is 4.99 Å². The minimum absolute atomic E-state index is 0.144. The zero-order valence-electron chi connectivity index (χ0n) is 28.0. The molecule has 1 aliphatic rings. The van der Waals surface area contributed by atoms with E-state index in [9.17, 15) is 0 Å². The predicted octanol–water partition coefficient (Wildman–Crippen LogP) is 11.5. The van der Waals surface area contributed by atoms with Crippen LogP contribution in [0, 0.1) is 5.92 Å². The van der Waals surface area contributed by atoms with Crippen molar-refractivity contribution in [3.05, 3.63) is 118 Å². The van der Waals surface area contributed by atoms with Gasteiger partial charge in [-0.15, -0.1) is 0 Å². The van der Waals surface area contributed by atoms with Gasteiger partial charge >= 0.3 is 0 Å². The van der Waals surface area contributed by atoms with Crippen LogP contribution in [0.3, 0.4) is 0 Å². The average Bonchev–Trinajstić information content (AvgIpc) is 2.97. The van der Waals surface area contributed by atoms with E-state index in [0.717, 1.165) is 34.9 Å². The summed E-state index contributed by atoms with van der Waals surface area (Å²) in [4.78, 5) is 10.7. The molecule has 0 saturated carbocycles. The first-order chi connectivity index (χ1) is 20.5. The molecule has 3 aromatic carbocycles. The van der Waals surface area contributed by atoms with Crippen molar-refractivity contribution in [2.75, 3.05) is 5.32 Å². The number of hydrogen-bond donors (Lipinski definition) is 1. The molecule has 4 rings (SSSR count). The van der Waals surface area contributed by atoms with Gasteiger partial charge in [0.25, 0.3) is 0 Å². The molecule has 0 aliphatic carbocycles. The van der Waals surface area contributed by atoms with Crippen LogP contribution in [0.25, 0.3) is 0 Å². The highest BCUT2D eigenvalue weighted by molar-refractivity contribution is 6.43. The molecule has 3 nitrogen and oxygen atoms in total. The number of nitrogens with one attached hydrogen (secondary N) is 1. The summed E-state index contributed by atoms with van der Waals surface area (Å²) in [6, 6.07) is 24.0. The van der Waals surface area contributed by atoms with Crippen LogP contribution in [0.1, 0.15) is 121 Å². The lowest BCUT2D eigenvalue weighted by molar-refractivity contribution is 0.832. The van der Waals surface area contributed by atoms with Crippen molar-refractivity contribution >= 4 is 22.8 Å². The summed E-state index contributed by atoms with van der Waals surface area (Å²) >= 11 is 0. The normalized spacial score (nSPS) is 16.8. The van der Waals surface area contributed by atoms with Crippen LogP contribution in [0.5, 0.6) is 0 Å². The van der Waals surface area contributed by atoms with E-state index in [1.807, 2.05) is 0 Å². The lowest BCUT2D eigenvalue weighted by Crippen LogP contribution is -2.25. The number of para-hydroxylation sites is 2. The molecular formula is C40H51N3. The fourth-order valence-electron chi connectivity index (χ4n) is 5.95.